The average molecular weight is 157 g/mol. The second-order valence-electron chi connectivity index (χ2n) is 3.29. The average Bonchev–Trinajstić information content (AvgIpc) is 2.31. The second-order valence-corrected chi connectivity index (χ2v) is 3.29. The van der Waals surface area contributed by atoms with Crippen molar-refractivity contribution in [3.63, 3.8) is 0 Å². The van der Waals surface area contributed by atoms with Crippen LogP contribution in [-0.4, -0.2) is 17.1 Å². The van der Waals surface area contributed by atoms with Crippen molar-refractivity contribution in [2.75, 3.05) is 0 Å². The molecule has 1 aliphatic carbocycles. The van der Waals surface area contributed by atoms with Gasteiger partial charge in [0.25, 0.3) is 0 Å². The summed E-state index contributed by atoms with van der Waals surface area (Å²) in [5, 5.41) is 8.42. The number of nitrogens with two attached hydrogens (primary N) is 1. The third-order valence-electron chi connectivity index (χ3n) is 2.45. The largest absolute Gasteiger partial charge is 0.481 e. The van der Waals surface area contributed by atoms with E-state index in [1.54, 1.807) is 0 Å². The van der Waals surface area contributed by atoms with E-state index in [0.29, 0.717) is 5.92 Å². The molecule has 2 atom stereocenters. The molecule has 3 nitrogen and oxygen atoms in total. The molecule has 0 spiro atoms. The third kappa shape index (κ3) is 2.50. The summed E-state index contributed by atoms with van der Waals surface area (Å²) in [6.45, 7) is 0. The Bertz CT molecular complexity index is 147. The summed E-state index contributed by atoms with van der Waals surface area (Å²) in [6, 6.07) is 0.259. The van der Waals surface area contributed by atoms with Crippen LogP contribution in [0.25, 0.3) is 0 Å². The van der Waals surface area contributed by atoms with E-state index in [1.165, 1.54) is 6.42 Å². The first-order valence-electron chi connectivity index (χ1n) is 4.17. The van der Waals surface area contributed by atoms with Gasteiger partial charge < -0.3 is 10.8 Å². The first-order valence-corrected chi connectivity index (χ1v) is 4.17. The van der Waals surface area contributed by atoms with Crippen LogP contribution in [0.2, 0.25) is 0 Å². The summed E-state index contributed by atoms with van der Waals surface area (Å²) in [6.07, 6.45) is 4.40. The molecule has 0 bridgehead atoms. The minimum absolute atomic E-state index is 0.259. The van der Waals surface area contributed by atoms with Crippen molar-refractivity contribution >= 4 is 5.97 Å². The number of carboxylic acids is 1. The third-order valence-corrected chi connectivity index (χ3v) is 2.45. The van der Waals surface area contributed by atoms with Crippen LogP contribution < -0.4 is 5.73 Å². The number of rotatable bonds is 3. The van der Waals surface area contributed by atoms with Crippen molar-refractivity contribution in [3.8, 4) is 0 Å². The molecule has 0 amide bonds. The molecular formula is C8H15NO2. The lowest BCUT2D eigenvalue weighted by Crippen LogP contribution is -2.24. The highest BCUT2D eigenvalue weighted by Crippen LogP contribution is 2.27. The van der Waals surface area contributed by atoms with E-state index >= 15 is 0 Å². The maximum atomic E-state index is 10.2. The predicted octanol–water partition coefficient (Wildman–Crippen LogP) is 0.979. The Balaban J connectivity index is 2.20. The van der Waals surface area contributed by atoms with Crippen LogP contribution in [-0.2, 0) is 4.79 Å². The standard InChI is InChI=1S/C8H15NO2/c9-7-3-1-2-6(7)4-5-8(10)11/h6-7H,1-5,9H2,(H,10,11)/t6-,7+/m1/s1. The number of hydrogen-bond donors (Lipinski definition) is 2. The number of carbonyl (C=O) groups is 1. The molecule has 0 aromatic rings. The summed E-state index contributed by atoms with van der Waals surface area (Å²) in [5.41, 5.74) is 5.77. The smallest absolute Gasteiger partial charge is 0.303 e. The Morgan fingerprint density at radius 2 is 2.27 bits per heavy atom. The normalized spacial score (nSPS) is 30.6. The fourth-order valence-corrected chi connectivity index (χ4v) is 1.73. The van der Waals surface area contributed by atoms with Crippen molar-refractivity contribution in [1.29, 1.82) is 0 Å². The summed E-state index contributed by atoms with van der Waals surface area (Å²) in [7, 11) is 0. The van der Waals surface area contributed by atoms with Crippen LogP contribution >= 0.6 is 0 Å². The summed E-state index contributed by atoms with van der Waals surface area (Å²) < 4.78 is 0. The van der Waals surface area contributed by atoms with Gasteiger partial charge in [0, 0.05) is 12.5 Å². The van der Waals surface area contributed by atoms with E-state index in [4.69, 9.17) is 10.8 Å². The van der Waals surface area contributed by atoms with Gasteiger partial charge in [0.2, 0.25) is 0 Å². The minimum Gasteiger partial charge on any atom is -0.481 e. The van der Waals surface area contributed by atoms with Crippen LogP contribution in [0.3, 0.4) is 0 Å². The Kier molecular flexibility index (Phi) is 2.88. The van der Waals surface area contributed by atoms with Gasteiger partial charge in [-0.3, -0.25) is 4.79 Å². The molecule has 11 heavy (non-hydrogen) atoms. The van der Waals surface area contributed by atoms with Gasteiger partial charge in [-0.15, -0.1) is 0 Å². The molecule has 3 N–H and O–H groups in total. The van der Waals surface area contributed by atoms with Gasteiger partial charge in [-0.25, -0.2) is 0 Å². The van der Waals surface area contributed by atoms with Crippen LogP contribution in [0.4, 0.5) is 0 Å². The first-order chi connectivity index (χ1) is 5.20. The van der Waals surface area contributed by atoms with E-state index in [2.05, 4.69) is 0 Å². The highest BCUT2D eigenvalue weighted by atomic mass is 16.4. The topological polar surface area (TPSA) is 63.3 Å². The molecule has 0 unspecified atom stereocenters. The van der Waals surface area contributed by atoms with E-state index in [9.17, 15) is 4.79 Å². The van der Waals surface area contributed by atoms with Gasteiger partial charge in [-0.2, -0.15) is 0 Å². The molecule has 1 saturated carbocycles. The fraction of sp³-hybridized carbons (Fsp3) is 0.875. The van der Waals surface area contributed by atoms with E-state index in [1.807, 2.05) is 0 Å². The molecule has 64 valence electrons. The maximum Gasteiger partial charge on any atom is 0.303 e. The lowest BCUT2D eigenvalue weighted by molar-refractivity contribution is -0.137. The van der Waals surface area contributed by atoms with Crippen molar-refractivity contribution in [3.05, 3.63) is 0 Å². The van der Waals surface area contributed by atoms with Crippen LogP contribution in [0.15, 0.2) is 0 Å². The molecule has 0 heterocycles. The van der Waals surface area contributed by atoms with E-state index in [0.717, 1.165) is 19.3 Å². The highest BCUT2D eigenvalue weighted by molar-refractivity contribution is 5.66. The molecule has 3 heteroatoms. The van der Waals surface area contributed by atoms with Crippen molar-refractivity contribution in [2.45, 2.75) is 38.1 Å². The maximum absolute atomic E-state index is 10.2. The molecule has 1 rings (SSSR count). The van der Waals surface area contributed by atoms with Gasteiger partial charge in [0.05, 0.1) is 0 Å². The first kappa shape index (κ1) is 8.53. The van der Waals surface area contributed by atoms with Crippen LogP contribution in [0.1, 0.15) is 32.1 Å². The van der Waals surface area contributed by atoms with Crippen molar-refractivity contribution in [2.24, 2.45) is 11.7 Å². The van der Waals surface area contributed by atoms with Crippen molar-refractivity contribution in [1.82, 2.24) is 0 Å². The molecule has 0 aliphatic heterocycles. The number of hydrogen-bond acceptors (Lipinski definition) is 2. The summed E-state index contributed by atoms with van der Waals surface area (Å²) in [5.74, 6) is -0.241. The monoisotopic (exact) mass is 157 g/mol. The van der Waals surface area contributed by atoms with E-state index < -0.39 is 5.97 Å². The van der Waals surface area contributed by atoms with Crippen molar-refractivity contribution < 1.29 is 9.90 Å². The zero-order chi connectivity index (χ0) is 8.27. The molecule has 0 aromatic heterocycles. The lowest BCUT2D eigenvalue weighted by Gasteiger charge is -2.12. The van der Waals surface area contributed by atoms with Gasteiger partial charge in [-0.05, 0) is 25.2 Å². The zero-order valence-corrected chi connectivity index (χ0v) is 6.62. The SMILES string of the molecule is N[C@H]1CCC[C@@H]1CCC(=O)O. The molecule has 0 saturated heterocycles. The van der Waals surface area contributed by atoms with Crippen LogP contribution in [0, 0.1) is 5.92 Å². The van der Waals surface area contributed by atoms with Gasteiger partial charge in [-0.1, -0.05) is 6.42 Å². The van der Waals surface area contributed by atoms with Gasteiger partial charge in [0.1, 0.15) is 0 Å². The quantitative estimate of drug-likeness (QED) is 0.641. The fourth-order valence-electron chi connectivity index (χ4n) is 1.73. The Morgan fingerprint density at radius 3 is 2.73 bits per heavy atom. The minimum atomic E-state index is -0.705. The molecule has 1 fully saturated rings. The predicted molar refractivity (Wildman–Crippen MR) is 42.2 cm³/mol. The highest BCUT2D eigenvalue weighted by Gasteiger charge is 2.23. The Labute approximate surface area is 66.6 Å². The number of carboxylic acid groups (broad SMARTS) is 1. The summed E-state index contributed by atoms with van der Waals surface area (Å²) >= 11 is 0. The number of aliphatic carboxylic acids is 1. The van der Waals surface area contributed by atoms with Gasteiger partial charge in [0.15, 0.2) is 0 Å². The molecule has 0 aromatic carbocycles. The van der Waals surface area contributed by atoms with E-state index in [-0.39, 0.29) is 12.5 Å². The van der Waals surface area contributed by atoms with Crippen LogP contribution in [0.5, 0.6) is 0 Å². The zero-order valence-electron chi connectivity index (χ0n) is 6.62. The van der Waals surface area contributed by atoms with Gasteiger partial charge >= 0.3 is 5.97 Å². The lowest BCUT2D eigenvalue weighted by atomic mass is 9.98. The molecular weight excluding hydrogens is 142 g/mol. The Morgan fingerprint density at radius 1 is 1.55 bits per heavy atom. The summed E-state index contributed by atoms with van der Waals surface area (Å²) in [4.78, 5) is 10.2. The Hall–Kier alpha value is -0.570. The second kappa shape index (κ2) is 3.72. The molecule has 1 aliphatic rings. The molecule has 0 radical (unpaired) electrons.